The number of nitrogens with one attached hydrogen (secondary N) is 3. The normalized spacial score (nSPS) is 20.1. The number of unbranched alkanes of at least 4 members (excludes halogenated alkanes) is 4. The van der Waals surface area contributed by atoms with E-state index in [1.165, 1.54) is 13.8 Å². The van der Waals surface area contributed by atoms with Crippen LogP contribution in [0.3, 0.4) is 0 Å². The fourth-order valence-electron chi connectivity index (χ4n) is 5.64. The number of carbonyl (C=O) groups excluding carboxylic acids is 4. The van der Waals surface area contributed by atoms with Crippen LogP contribution in [0.5, 0.6) is 0 Å². The number of rotatable bonds is 27. The van der Waals surface area contributed by atoms with Gasteiger partial charge in [0.25, 0.3) is 5.92 Å². The molecule has 15 heteroatoms. The summed E-state index contributed by atoms with van der Waals surface area (Å²) in [5.74, 6) is -6.17. The van der Waals surface area contributed by atoms with E-state index in [-0.39, 0.29) is 26.2 Å². The summed E-state index contributed by atoms with van der Waals surface area (Å²) in [5.41, 5.74) is 0.643. The van der Waals surface area contributed by atoms with E-state index in [4.69, 9.17) is 28.4 Å². The molecule has 2 rings (SSSR count). The quantitative estimate of drug-likeness (QED) is 0.0713. The van der Waals surface area contributed by atoms with Crippen LogP contribution in [0.1, 0.15) is 111 Å². The number of hydrogen-bond acceptors (Lipinski definition) is 10. The van der Waals surface area contributed by atoms with E-state index in [9.17, 15) is 19.2 Å². The van der Waals surface area contributed by atoms with Crippen molar-refractivity contribution in [1.82, 2.24) is 16.0 Å². The highest BCUT2D eigenvalue weighted by molar-refractivity contribution is 5.92. The second-order valence-electron chi connectivity index (χ2n) is 14.0. The molecule has 55 heavy (non-hydrogen) atoms. The Hall–Kier alpha value is -3.40. The van der Waals surface area contributed by atoms with Crippen molar-refractivity contribution in [2.75, 3.05) is 33.0 Å². The predicted molar refractivity (Wildman–Crippen MR) is 202 cm³/mol. The Morgan fingerprint density at radius 2 is 1.38 bits per heavy atom. The van der Waals surface area contributed by atoms with Crippen LogP contribution in [0.15, 0.2) is 30.3 Å². The molecular weight excluding hydrogens is 720 g/mol. The first-order chi connectivity index (χ1) is 26.4. The maximum atomic E-state index is 16.6. The summed E-state index contributed by atoms with van der Waals surface area (Å²) in [7, 11) is 0. The first-order valence-corrected chi connectivity index (χ1v) is 19.9. The molecule has 1 saturated heterocycles. The molecule has 1 aliphatic heterocycles. The van der Waals surface area contributed by atoms with Gasteiger partial charge in [-0.25, -0.2) is 18.4 Å². The van der Waals surface area contributed by atoms with Crippen LogP contribution in [0.25, 0.3) is 0 Å². The average molecular weight is 786 g/mol. The van der Waals surface area contributed by atoms with E-state index in [0.717, 1.165) is 44.9 Å². The fraction of sp³-hybridized carbons (Fsp3) is 0.750. The summed E-state index contributed by atoms with van der Waals surface area (Å²) in [5, 5.41) is 7.13. The first-order valence-electron chi connectivity index (χ1n) is 19.9. The van der Waals surface area contributed by atoms with Gasteiger partial charge in [0.15, 0.2) is 0 Å². The topological polar surface area (TPSA) is 160 Å². The predicted octanol–water partition coefficient (Wildman–Crippen LogP) is 6.00. The number of halogens is 2. The standard InChI is InChI=1S/C40H65F2N3O10/c1-7-11-20-50-27-33-35(52-22-13-9-3)32(51-21-12-8-2)24-34(55-33)40(41,42)25-31(45-39(49)54-26-30-18-16-15-17-19-30)37(47)43-28(5)36(46)44-29(6)38(48)53-23-14-10-4/h15-19,28-29,31-35H,7-14,20-27H2,1-6H3,(H,43,47)(H,44,46)(H,45,49)/t28-,29-,31?,32+,33+,34-,35+/m0/s1. The van der Waals surface area contributed by atoms with Gasteiger partial charge < -0.3 is 44.4 Å². The van der Waals surface area contributed by atoms with E-state index in [0.29, 0.717) is 31.8 Å². The van der Waals surface area contributed by atoms with Crippen molar-refractivity contribution in [2.24, 2.45) is 0 Å². The molecule has 314 valence electrons. The number of amides is 3. The Morgan fingerprint density at radius 3 is 2.04 bits per heavy atom. The molecule has 13 nitrogen and oxygen atoms in total. The lowest BCUT2D eigenvalue weighted by atomic mass is 9.91. The van der Waals surface area contributed by atoms with E-state index < -0.39 is 78.8 Å². The van der Waals surface area contributed by atoms with Gasteiger partial charge in [-0.15, -0.1) is 0 Å². The molecule has 7 atom stereocenters. The van der Waals surface area contributed by atoms with Gasteiger partial charge in [0, 0.05) is 32.7 Å². The fourth-order valence-corrected chi connectivity index (χ4v) is 5.64. The summed E-state index contributed by atoms with van der Waals surface area (Å²) in [4.78, 5) is 51.8. The molecule has 3 amide bonds. The second kappa shape index (κ2) is 26.5. The zero-order valence-corrected chi connectivity index (χ0v) is 33.6. The molecule has 0 bridgehead atoms. The number of hydrogen-bond donors (Lipinski definition) is 3. The highest BCUT2D eigenvalue weighted by atomic mass is 19.3. The SMILES string of the molecule is CCCCOC[C@H]1O[C@H](C(F)(F)CC(NC(=O)OCc2ccccc2)C(=O)N[C@@H](C)C(=O)N[C@@H](C)C(=O)OCCCC)C[C@@H](OCCCC)[C@H]1OCCCC. The summed E-state index contributed by atoms with van der Waals surface area (Å²) >= 11 is 0. The molecule has 1 aromatic rings. The monoisotopic (exact) mass is 785 g/mol. The van der Waals surface area contributed by atoms with Crippen LogP contribution in [-0.4, -0.2) is 105 Å². The van der Waals surface area contributed by atoms with Gasteiger partial charge in [-0.2, -0.15) is 0 Å². The molecule has 1 heterocycles. The summed E-state index contributed by atoms with van der Waals surface area (Å²) < 4.78 is 67.8. The lowest BCUT2D eigenvalue weighted by molar-refractivity contribution is -0.260. The van der Waals surface area contributed by atoms with Crippen molar-refractivity contribution < 1.29 is 56.4 Å². The first kappa shape index (κ1) is 47.8. The van der Waals surface area contributed by atoms with Gasteiger partial charge >= 0.3 is 12.1 Å². The Labute approximate surface area is 325 Å². The number of esters is 1. The zero-order valence-electron chi connectivity index (χ0n) is 33.6. The van der Waals surface area contributed by atoms with Gasteiger partial charge in [0.1, 0.15) is 43.0 Å². The number of benzene rings is 1. The lowest BCUT2D eigenvalue weighted by Gasteiger charge is -2.44. The maximum Gasteiger partial charge on any atom is 0.408 e. The molecule has 0 aromatic heterocycles. The number of alkyl carbamates (subject to hydrolysis) is 1. The lowest BCUT2D eigenvalue weighted by Crippen LogP contribution is -2.59. The third kappa shape index (κ3) is 17.9. The Balaban J connectivity index is 2.30. The van der Waals surface area contributed by atoms with Crippen molar-refractivity contribution in [3.05, 3.63) is 35.9 Å². The molecule has 0 radical (unpaired) electrons. The van der Waals surface area contributed by atoms with Crippen LogP contribution in [0.2, 0.25) is 0 Å². The Morgan fingerprint density at radius 1 is 0.782 bits per heavy atom. The Kier molecular flexibility index (Phi) is 23.0. The minimum absolute atomic E-state index is 0.00216. The van der Waals surface area contributed by atoms with Crippen LogP contribution < -0.4 is 16.0 Å². The van der Waals surface area contributed by atoms with Crippen molar-refractivity contribution in [2.45, 2.75) is 161 Å². The van der Waals surface area contributed by atoms with Crippen LogP contribution in [0.4, 0.5) is 13.6 Å². The molecule has 1 aromatic carbocycles. The van der Waals surface area contributed by atoms with Crippen molar-refractivity contribution >= 4 is 23.9 Å². The highest BCUT2D eigenvalue weighted by Crippen LogP contribution is 2.37. The number of alkyl halides is 2. The second-order valence-corrected chi connectivity index (χ2v) is 14.0. The molecule has 3 N–H and O–H groups in total. The van der Waals surface area contributed by atoms with Gasteiger partial charge in [-0.3, -0.25) is 9.59 Å². The smallest absolute Gasteiger partial charge is 0.408 e. The van der Waals surface area contributed by atoms with Gasteiger partial charge in [-0.1, -0.05) is 83.7 Å². The number of carbonyl (C=O) groups is 4. The largest absolute Gasteiger partial charge is 0.464 e. The minimum atomic E-state index is -3.70. The molecule has 1 aliphatic rings. The molecule has 0 spiro atoms. The van der Waals surface area contributed by atoms with Crippen molar-refractivity contribution in [3.8, 4) is 0 Å². The van der Waals surface area contributed by atoms with Crippen LogP contribution in [0, 0.1) is 0 Å². The summed E-state index contributed by atoms with van der Waals surface area (Å²) in [6.45, 7) is 11.9. The molecule has 1 unspecified atom stereocenters. The molecular formula is C40H65F2N3O10. The van der Waals surface area contributed by atoms with E-state index in [1.54, 1.807) is 30.3 Å². The minimum Gasteiger partial charge on any atom is -0.464 e. The van der Waals surface area contributed by atoms with Gasteiger partial charge in [-0.05, 0) is 45.1 Å². The average Bonchev–Trinajstić information content (AvgIpc) is 3.16. The summed E-state index contributed by atoms with van der Waals surface area (Å²) in [6, 6.07) is 4.55. The van der Waals surface area contributed by atoms with Gasteiger partial charge in [0.2, 0.25) is 11.8 Å². The number of ether oxygens (including phenoxy) is 6. The van der Waals surface area contributed by atoms with Crippen molar-refractivity contribution in [1.29, 1.82) is 0 Å². The van der Waals surface area contributed by atoms with Crippen LogP contribution in [-0.2, 0) is 49.4 Å². The third-order valence-electron chi connectivity index (χ3n) is 9.06. The van der Waals surface area contributed by atoms with E-state index in [2.05, 4.69) is 16.0 Å². The summed E-state index contributed by atoms with van der Waals surface area (Å²) in [6.07, 6.45) is -0.220. The Bertz CT molecular complexity index is 1260. The molecule has 0 saturated carbocycles. The maximum absolute atomic E-state index is 16.6. The van der Waals surface area contributed by atoms with Gasteiger partial charge in [0.05, 0.1) is 19.3 Å². The zero-order chi connectivity index (χ0) is 40.6. The van der Waals surface area contributed by atoms with E-state index >= 15 is 8.78 Å². The van der Waals surface area contributed by atoms with E-state index in [1.807, 2.05) is 27.7 Å². The highest BCUT2D eigenvalue weighted by Gasteiger charge is 2.52. The van der Waals surface area contributed by atoms with Crippen molar-refractivity contribution in [3.63, 3.8) is 0 Å². The molecule has 1 fully saturated rings. The van der Waals surface area contributed by atoms with Crippen LogP contribution >= 0.6 is 0 Å². The molecule has 0 aliphatic carbocycles. The third-order valence-corrected chi connectivity index (χ3v) is 9.06.